The predicted octanol–water partition coefficient (Wildman–Crippen LogP) is 1.58. The molecule has 150 valence electrons. The average molecular weight is 414 g/mol. The van der Waals surface area contributed by atoms with Crippen LogP contribution < -0.4 is 11.0 Å². The normalized spacial score (nSPS) is 21.4. The molecule has 0 aliphatic carbocycles. The maximum Gasteiger partial charge on any atom is 0.413 e. The SMILES string of the molecule is O=C(Nc1ccn([C@@H]2O[C@H](CO)C[C@@H]2F)c(=O)n1)OCc1ccc([N+](=O)[O-])s1. The van der Waals surface area contributed by atoms with Crippen LogP contribution in [-0.4, -0.2) is 44.6 Å². The van der Waals surface area contributed by atoms with E-state index in [2.05, 4.69) is 10.3 Å². The van der Waals surface area contributed by atoms with Crippen molar-refractivity contribution in [3.05, 3.63) is 49.9 Å². The molecule has 28 heavy (non-hydrogen) atoms. The molecule has 2 N–H and O–H groups in total. The third kappa shape index (κ3) is 4.49. The summed E-state index contributed by atoms with van der Waals surface area (Å²) in [6.45, 7) is -0.554. The molecule has 0 saturated carbocycles. The zero-order valence-electron chi connectivity index (χ0n) is 14.2. The molecule has 1 saturated heterocycles. The summed E-state index contributed by atoms with van der Waals surface area (Å²) in [5.41, 5.74) is -0.849. The molecule has 0 aromatic carbocycles. The van der Waals surface area contributed by atoms with Crippen LogP contribution in [0.15, 0.2) is 29.2 Å². The molecular formula is C15H15FN4O7S. The van der Waals surface area contributed by atoms with Crippen LogP contribution in [0, 0.1) is 10.1 Å². The van der Waals surface area contributed by atoms with Crippen LogP contribution in [-0.2, 0) is 16.1 Å². The van der Waals surface area contributed by atoms with Gasteiger partial charge in [-0.05, 0) is 12.1 Å². The maximum atomic E-state index is 14.0. The molecule has 1 fully saturated rings. The van der Waals surface area contributed by atoms with Gasteiger partial charge in [-0.25, -0.2) is 14.0 Å². The van der Waals surface area contributed by atoms with Crippen molar-refractivity contribution >= 4 is 28.2 Å². The molecule has 3 atom stereocenters. The number of thiophene rings is 1. The van der Waals surface area contributed by atoms with Gasteiger partial charge in [-0.3, -0.25) is 20.0 Å². The topological polar surface area (TPSA) is 146 Å². The minimum atomic E-state index is -1.48. The lowest BCUT2D eigenvalue weighted by atomic mass is 10.2. The summed E-state index contributed by atoms with van der Waals surface area (Å²) >= 11 is 0.870. The molecule has 13 heteroatoms. The number of nitrogens with one attached hydrogen (secondary N) is 1. The third-order valence-corrected chi connectivity index (χ3v) is 4.85. The van der Waals surface area contributed by atoms with E-state index >= 15 is 0 Å². The van der Waals surface area contributed by atoms with Crippen molar-refractivity contribution in [1.82, 2.24) is 9.55 Å². The van der Waals surface area contributed by atoms with Crippen molar-refractivity contribution < 1.29 is 28.7 Å². The fraction of sp³-hybridized carbons (Fsp3) is 0.400. The number of aromatic nitrogens is 2. The number of halogens is 1. The van der Waals surface area contributed by atoms with Gasteiger partial charge >= 0.3 is 16.8 Å². The van der Waals surface area contributed by atoms with Crippen LogP contribution in [0.3, 0.4) is 0 Å². The van der Waals surface area contributed by atoms with Crippen LogP contribution in [0.1, 0.15) is 17.5 Å². The number of amides is 1. The zero-order chi connectivity index (χ0) is 20.3. The molecular weight excluding hydrogens is 399 g/mol. The third-order valence-electron chi connectivity index (χ3n) is 3.84. The van der Waals surface area contributed by atoms with Gasteiger partial charge in [0, 0.05) is 23.6 Å². The van der Waals surface area contributed by atoms with Gasteiger partial charge < -0.3 is 14.6 Å². The van der Waals surface area contributed by atoms with Gasteiger partial charge in [0.05, 0.1) is 17.6 Å². The summed E-state index contributed by atoms with van der Waals surface area (Å²) in [6.07, 6.45) is -3.12. The molecule has 3 heterocycles. The number of hydrogen-bond donors (Lipinski definition) is 2. The van der Waals surface area contributed by atoms with Crippen molar-refractivity contribution in [2.75, 3.05) is 11.9 Å². The van der Waals surface area contributed by atoms with E-state index in [4.69, 9.17) is 14.6 Å². The summed E-state index contributed by atoms with van der Waals surface area (Å²) in [5, 5.41) is 21.8. The Bertz CT molecular complexity index is 933. The fourth-order valence-electron chi connectivity index (χ4n) is 2.56. The van der Waals surface area contributed by atoms with Crippen molar-refractivity contribution in [1.29, 1.82) is 0 Å². The number of hydrogen-bond acceptors (Lipinski definition) is 9. The van der Waals surface area contributed by atoms with Gasteiger partial charge in [-0.1, -0.05) is 11.3 Å². The van der Waals surface area contributed by atoms with Gasteiger partial charge in [0.2, 0.25) is 0 Å². The first-order chi connectivity index (χ1) is 13.4. The second-order valence-corrected chi connectivity index (χ2v) is 6.93. The molecule has 2 aromatic heterocycles. The second-order valence-electron chi connectivity index (χ2n) is 5.78. The van der Waals surface area contributed by atoms with Crippen LogP contribution in [0.5, 0.6) is 0 Å². The van der Waals surface area contributed by atoms with Crippen LogP contribution >= 0.6 is 11.3 Å². The van der Waals surface area contributed by atoms with Crippen molar-refractivity contribution in [3.8, 4) is 0 Å². The number of aliphatic hydroxyl groups is 1. The molecule has 1 amide bonds. The molecule has 0 radical (unpaired) electrons. The number of nitro groups is 1. The van der Waals surface area contributed by atoms with E-state index in [0.717, 1.165) is 15.9 Å². The molecule has 3 rings (SSSR count). The van der Waals surface area contributed by atoms with Gasteiger partial charge in [0.15, 0.2) is 6.23 Å². The quantitative estimate of drug-likeness (QED) is 0.535. The maximum absolute atomic E-state index is 14.0. The minimum Gasteiger partial charge on any atom is -0.444 e. The van der Waals surface area contributed by atoms with Crippen molar-refractivity contribution in [2.24, 2.45) is 0 Å². The Morgan fingerprint density at radius 1 is 1.54 bits per heavy atom. The summed E-state index contributed by atoms with van der Waals surface area (Å²) in [7, 11) is 0. The number of carbonyl (C=O) groups is 1. The number of carbonyl (C=O) groups excluding carboxylic acids is 1. The molecule has 1 aliphatic rings. The Kier molecular flexibility index (Phi) is 5.96. The lowest BCUT2D eigenvalue weighted by Gasteiger charge is -2.16. The first-order valence-corrected chi connectivity index (χ1v) is 8.85. The van der Waals surface area contributed by atoms with Gasteiger partial charge in [-0.15, -0.1) is 0 Å². The van der Waals surface area contributed by atoms with Gasteiger partial charge in [-0.2, -0.15) is 4.98 Å². The van der Waals surface area contributed by atoms with Crippen molar-refractivity contribution in [3.63, 3.8) is 0 Å². The first-order valence-electron chi connectivity index (χ1n) is 8.04. The lowest BCUT2D eigenvalue weighted by molar-refractivity contribution is -0.380. The highest BCUT2D eigenvalue weighted by atomic mass is 32.1. The first kappa shape index (κ1) is 19.9. The number of aliphatic hydroxyl groups excluding tert-OH is 1. The molecule has 11 nitrogen and oxygen atoms in total. The zero-order valence-corrected chi connectivity index (χ0v) is 15.0. The van der Waals surface area contributed by atoms with E-state index in [1.54, 1.807) is 0 Å². The van der Waals surface area contributed by atoms with E-state index in [1.807, 2.05) is 0 Å². The number of anilines is 1. The van der Waals surface area contributed by atoms with Gasteiger partial charge in [0.1, 0.15) is 18.6 Å². The largest absolute Gasteiger partial charge is 0.444 e. The highest BCUT2D eigenvalue weighted by Crippen LogP contribution is 2.30. The fourth-order valence-corrected chi connectivity index (χ4v) is 3.29. The van der Waals surface area contributed by atoms with Crippen LogP contribution in [0.25, 0.3) is 0 Å². The van der Waals surface area contributed by atoms with E-state index in [1.165, 1.54) is 24.4 Å². The summed E-state index contributed by atoms with van der Waals surface area (Å²) in [5.74, 6) is -0.115. The number of ether oxygens (including phenoxy) is 2. The average Bonchev–Trinajstić information content (AvgIpc) is 3.27. The predicted molar refractivity (Wildman–Crippen MR) is 93.8 cm³/mol. The summed E-state index contributed by atoms with van der Waals surface area (Å²) in [4.78, 5) is 38.0. The summed E-state index contributed by atoms with van der Waals surface area (Å²) in [6, 6.07) is 4.03. The molecule has 0 bridgehead atoms. The Labute approximate surface area is 160 Å². The molecule has 1 aliphatic heterocycles. The Hall–Kier alpha value is -2.90. The number of rotatable bonds is 6. The van der Waals surface area contributed by atoms with E-state index < -0.39 is 35.2 Å². The van der Waals surface area contributed by atoms with Crippen LogP contribution in [0.4, 0.5) is 20.0 Å². The molecule has 0 spiro atoms. The standard InChI is InChI=1S/C15H15FN4O7S/c16-10-5-8(6-21)27-13(10)19-4-3-11(17-14(19)22)18-15(23)26-7-9-1-2-12(28-9)20(24)25/h1-4,8,10,13,21H,5-7H2,(H,17,18,22,23)/t8-,10-,13+/m0/s1. The monoisotopic (exact) mass is 414 g/mol. The van der Waals surface area contributed by atoms with Crippen LogP contribution in [0.2, 0.25) is 0 Å². The minimum absolute atomic E-state index is 0.0409. The number of alkyl halides is 1. The van der Waals surface area contributed by atoms with E-state index in [0.29, 0.717) is 4.88 Å². The van der Waals surface area contributed by atoms with E-state index in [9.17, 15) is 24.1 Å². The number of nitrogens with zero attached hydrogens (tertiary/aromatic N) is 3. The molecule has 0 unspecified atom stereocenters. The van der Waals surface area contributed by atoms with Crippen molar-refractivity contribution in [2.45, 2.75) is 31.5 Å². The smallest absolute Gasteiger partial charge is 0.413 e. The van der Waals surface area contributed by atoms with Gasteiger partial charge in [0.25, 0.3) is 0 Å². The second kappa shape index (κ2) is 8.41. The van der Waals surface area contributed by atoms with E-state index in [-0.39, 0.29) is 30.5 Å². The molecule has 2 aromatic rings. The Morgan fingerprint density at radius 3 is 2.93 bits per heavy atom. The Balaban J connectivity index is 1.58. The summed E-state index contributed by atoms with van der Waals surface area (Å²) < 4.78 is 25.1. The highest BCUT2D eigenvalue weighted by Gasteiger charge is 2.37. The lowest BCUT2D eigenvalue weighted by Crippen LogP contribution is -2.31. The highest BCUT2D eigenvalue weighted by molar-refractivity contribution is 7.15. The Morgan fingerprint density at radius 2 is 2.32 bits per heavy atom.